The Balaban J connectivity index is 1.74. The first kappa shape index (κ1) is 18.4. The highest BCUT2D eigenvalue weighted by Crippen LogP contribution is 2.36. The Hall–Kier alpha value is -2.93. The van der Waals surface area contributed by atoms with Crippen molar-refractivity contribution in [1.29, 1.82) is 0 Å². The lowest BCUT2D eigenvalue weighted by atomic mass is 10.00. The number of anilines is 3. The Morgan fingerprint density at radius 3 is 2.57 bits per heavy atom. The van der Waals surface area contributed by atoms with Crippen molar-refractivity contribution >= 4 is 27.1 Å². The van der Waals surface area contributed by atoms with Crippen LogP contribution in [0.25, 0.3) is 11.3 Å². The lowest BCUT2D eigenvalue weighted by molar-refractivity contribution is 0.582. The summed E-state index contributed by atoms with van der Waals surface area (Å²) in [5.41, 5.74) is 3.96. The molecule has 1 aromatic heterocycles. The predicted molar refractivity (Wildman–Crippen MR) is 113 cm³/mol. The van der Waals surface area contributed by atoms with Gasteiger partial charge in [0.05, 0.1) is 12.0 Å². The lowest BCUT2D eigenvalue weighted by Gasteiger charge is -2.22. The third-order valence-electron chi connectivity index (χ3n) is 4.84. The Morgan fingerprint density at radius 2 is 1.89 bits per heavy atom. The highest BCUT2D eigenvalue weighted by molar-refractivity contribution is 7.92. The largest absolute Gasteiger partial charge is 0.464 e. The molecule has 7 heteroatoms. The average molecular weight is 398 g/mol. The lowest BCUT2D eigenvalue weighted by Crippen LogP contribution is -2.20. The van der Waals surface area contributed by atoms with Crippen molar-refractivity contribution in [3.05, 3.63) is 60.4 Å². The normalized spacial score (nSPS) is 13.5. The van der Waals surface area contributed by atoms with Crippen LogP contribution < -0.4 is 14.9 Å². The quantitative estimate of drug-likeness (QED) is 0.676. The predicted octanol–water partition coefficient (Wildman–Crippen LogP) is 4.17. The van der Waals surface area contributed by atoms with Crippen molar-refractivity contribution in [3.8, 4) is 11.3 Å². The van der Waals surface area contributed by atoms with Gasteiger partial charge in [-0.05, 0) is 66.9 Å². The topological polar surface area (TPSA) is 74.6 Å². The van der Waals surface area contributed by atoms with Crippen molar-refractivity contribution in [2.24, 2.45) is 0 Å². The Bertz CT molecular complexity index is 1070. The van der Waals surface area contributed by atoms with Crippen LogP contribution in [0.1, 0.15) is 12.0 Å². The van der Waals surface area contributed by atoms with E-state index in [1.54, 1.807) is 30.5 Å². The maximum Gasteiger partial charge on any atom is 0.263 e. The molecule has 2 heterocycles. The van der Waals surface area contributed by atoms with Gasteiger partial charge in [0, 0.05) is 37.6 Å². The molecular weight excluding hydrogens is 374 g/mol. The van der Waals surface area contributed by atoms with Crippen LogP contribution >= 0.6 is 0 Å². The fourth-order valence-electron chi connectivity index (χ4n) is 3.40. The second-order valence-electron chi connectivity index (χ2n) is 7.06. The SMILES string of the molecule is CN(C)c1ccc(NS(=O)(=O)c2cc(-c3ccco3)cc3c2NCCC3)cc1. The van der Waals surface area contributed by atoms with Gasteiger partial charge in [0.1, 0.15) is 10.7 Å². The minimum atomic E-state index is -3.77. The fourth-order valence-corrected chi connectivity index (χ4v) is 4.71. The van der Waals surface area contributed by atoms with E-state index in [1.807, 2.05) is 43.3 Å². The van der Waals surface area contributed by atoms with Gasteiger partial charge < -0.3 is 14.6 Å². The molecule has 1 aliphatic rings. The van der Waals surface area contributed by atoms with Gasteiger partial charge in [-0.2, -0.15) is 0 Å². The zero-order valence-electron chi connectivity index (χ0n) is 15.9. The van der Waals surface area contributed by atoms with Gasteiger partial charge in [-0.15, -0.1) is 0 Å². The molecule has 0 amide bonds. The molecule has 0 radical (unpaired) electrons. The van der Waals surface area contributed by atoms with E-state index in [9.17, 15) is 8.42 Å². The molecule has 1 aliphatic heterocycles. The molecule has 4 rings (SSSR count). The van der Waals surface area contributed by atoms with Crippen LogP contribution in [-0.2, 0) is 16.4 Å². The summed E-state index contributed by atoms with van der Waals surface area (Å²) in [6, 6.07) is 14.6. The summed E-state index contributed by atoms with van der Waals surface area (Å²) < 4.78 is 34.6. The van der Waals surface area contributed by atoms with E-state index in [4.69, 9.17) is 4.42 Å². The van der Waals surface area contributed by atoms with E-state index in [1.165, 1.54) is 0 Å². The van der Waals surface area contributed by atoms with Gasteiger partial charge in [0.25, 0.3) is 10.0 Å². The third kappa shape index (κ3) is 3.57. The first-order valence-electron chi connectivity index (χ1n) is 9.19. The molecule has 0 bridgehead atoms. The Labute approximate surface area is 165 Å². The van der Waals surface area contributed by atoms with Crippen LogP contribution in [0, 0.1) is 0 Å². The number of fused-ring (bicyclic) bond motifs is 1. The van der Waals surface area contributed by atoms with E-state index in [2.05, 4.69) is 10.0 Å². The summed E-state index contributed by atoms with van der Waals surface area (Å²) in [7, 11) is 0.114. The molecule has 0 saturated carbocycles. The number of benzene rings is 2. The van der Waals surface area contributed by atoms with Crippen molar-refractivity contribution in [2.45, 2.75) is 17.7 Å². The van der Waals surface area contributed by atoms with Crippen molar-refractivity contribution in [2.75, 3.05) is 35.6 Å². The van der Waals surface area contributed by atoms with Crippen LogP contribution in [0.3, 0.4) is 0 Å². The number of rotatable bonds is 5. The van der Waals surface area contributed by atoms with Crippen LogP contribution in [0.5, 0.6) is 0 Å². The van der Waals surface area contributed by atoms with Gasteiger partial charge in [-0.25, -0.2) is 8.42 Å². The van der Waals surface area contributed by atoms with E-state index < -0.39 is 10.0 Å². The molecule has 2 aromatic carbocycles. The molecule has 146 valence electrons. The van der Waals surface area contributed by atoms with Gasteiger partial charge in [-0.1, -0.05) is 0 Å². The average Bonchev–Trinajstić information content (AvgIpc) is 3.22. The van der Waals surface area contributed by atoms with Crippen molar-refractivity contribution in [3.63, 3.8) is 0 Å². The first-order valence-corrected chi connectivity index (χ1v) is 10.7. The minimum Gasteiger partial charge on any atom is -0.464 e. The number of aryl methyl sites for hydroxylation is 1. The molecule has 0 saturated heterocycles. The molecule has 2 N–H and O–H groups in total. The van der Waals surface area contributed by atoms with E-state index in [-0.39, 0.29) is 4.90 Å². The van der Waals surface area contributed by atoms with Gasteiger partial charge in [0.2, 0.25) is 0 Å². The van der Waals surface area contributed by atoms with E-state index in [0.29, 0.717) is 17.1 Å². The fraction of sp³-hybridized carbons (Fsp3) is 0.238. The summed E-state index contributed by atoms with van der Waals surface area (Å²) in [4.78, 5) is 2.21. The maximum atomic E-state index is 13.2. The minimum absolute atomic E-state index is 0.243. The van der Waals surface area contributed by atoms with E-state index >= 15 is 0 Å². The Kier molecular flexibility index (Phi) is 4.77. The zero-order valence-corrected chi connectivity index (χ0v) is 16.7. The van der Waals surface area contributed by atoms with Crippen LogP contribution in [0.15, 0.2) is 64.1 Å². The molecule has 0 spiro atoms. The van der Waals surface area contributed by atoms with Crippen LogP contribution in [0.2, 0.25) is 0 Å². The summed E-state index contributed by atoms with van der Waals surface area (Å²) in [5, 5.41) is 3.26. The number of hydrogen-bond acceptors (Lipinski definition) is 5. The van der Waals surface area contributed by atoms with Crippen molar-refractivity contribution in [1.82, 2.24) is 0 Å². The van der Waals surface area contributed by atoms with Gasteiger partial charge in [0.15, 0.2) is 0 Å². The maximum absolute atomic E-state index is 13.2. The summed E-state index contributed by atoms with van der Waals surface area (Å²) >= 11 is 0. The molecular formula is C21H23N3O3S. The second-order valence-corrected chi connectivity index (χ2v) is 8.71. The summed E-state index contributed by atoms with van der Waals surface area (Å²) in [6.07, 6.45) is 3.39. The molecule has 0 aliphatic carbocycles. The molecule has 0 unspecified atom stereocenters. The number of hydrogen-bond donors (Lipinski definition) is 2. The standard InChI is InChI=1S/C21H23N3O3S/c1-24(2)18-9-7-17(8-10-18)23-28(25,26)20-14-16(19-6-4-12-27-19)13-15-5-3-11-22-21(15)20/h4,6-10,12-14,22-23H,3,5,11H2,1-2H3. The first-order chi connectivity index (χ1) is 13.4. The highest BCUT2D eigenvalue weighted by Gasteiger charge is 2.25. The van der Waals surface area contributed by atoms with Crippen LogP contribution in [-0.4, -0.2) is 29.1 Å². The Morgan fingerprint density at radius 1 is 1.11 bits per heavy atom. The molecule has 0 fully saturated rings. The monoisotopic (exact) mass is 397 g/mol. The molecule has 3 aromatic rings. The number of furan rings is 1. The smallest absolute Gasteiger partial charge is 0.263 e. The van der Waals surface area contributed by atoms with Crippen molar-refractivity contribution < 1.29 is 12.8 Å². The summed E-state index contributed by atoms with van der Waals surface area (Å²) in [5.74, 6) is 0.653. The van der Waals surface area contributed by atoms with Crippen LogP contribution in [0.4, 0.5) is 17.1 Å². The summed E-state index contributed by atoms with van der Waals surface area (Å²) in [6.45, 7) is 0.757. The molecule has 28 heavy (non-hydrogen) atoms. The van der Waals surface area contributed by atoms with E-state index in [0.717, 1.165) is 36.2 Å². The number of sulfonamides is 1. The second kappa shape index (κ2) is 7.24. The molecule has 6 nitrogen and oxygen atoms in total. The van der Waals surface area contributed by atoms with Gasteiger partial charge >= 0.3 is 0 Å². The highest BCUT2D eigenvalue weighted by atomic mass is 32.2. The molecule has 0 atom stereocenters. The number of nitrogens with one attached hydrogen (secondary N) is 2. The number of nitrogens with zero attached hydrogens (tertiary/aromatic N) is 1. The third-order valence-corrected chi connectivity index (χ3v) is 6.25. The zero-order chi connectivity index (χ0) is 19.7. The van der Waals surface area contributed by atoms with Gasteiger partial charge in [-0.3, -0.25) is 4.72 Å².